The Morgan fingerprint density at radius 2 is 1.95 bits per heavy atom. The van der Waals surface area contributed by atoms with Gasteiger partial charge in [0.15, 0.2) is 11.5 Å². The molecule has 1 saturated heterocycles. The van der Waals surface area contributed by atoms with Crippen molar-refractivity contribution in [1.82, 2.24) is 29.1 Å². The summed E-state index contributed by atoms with van der Waals surface area (Å²) in [5.41, 5.74) is 6.13. The van der Waals surface area contributed by atoms with Gasteiger partial charge in [0.25, 0.3) is 5.56 Å². The Bertz CT molecular complexity index is 1250. The molecule has 0 bridgehead atoms. The minimum atomic E-state index is -0.692. The van der Waals surface area contributed by atoms with Crippen molar-refractivity contribution >= 4 is 17.0 Å². The number of nitrogen functional groups attached to an aromatic ring is 1. The van der Waals surface area contributed by atoms with E-state index < -0.39 is 29.7 Å². The number of hydrogen-bond acceptors (Lipinski definition) is 10. The van der Waals surface area contributed by atoms with Gasteiger partial charge in [0.2, 0.25) is 0 Å². The highest BCUT2D eigenvalue weighted by atomic mass is 16.6. The number of H-pyrrole nitrogens is 1. The van der Waals surface area contributed by atoms with Crippen molar-refractivity contribution in [2.24, 2.45) is 5.92 Å². The summed E-state index contributed by atoms with van der Waals surface area (Å²) in [6.45, 7) is 11.8. The molecule has 3 aromatic rings. The van der Waals surface area contributed by atoms with Gasteiger partial charge in [-0.15, -0.1) is 0 Å². The van der Waals surface area contributed by atoms with Crippen LogP contribution in [0, 0.1) is 5.92 Å². The molecule has 0 unspecified atom stereocenters. The number of aromatic nitrogens is 6. The number of nitrogens with zero attached hydrogens (tertiary/aromatic N) is 5. The van der Waals surface area contributed by atoms with E-state index in [9.17, 15) is 14.7 Å². The lowest BCUT2D eigenvalue weighted by Gasteiger charge is -2.17. The SMILES string of the molecule is CC(C)CO[C@H](C)Cn1cnc2c(N)ncnc21.CC(C)OC[C@H]1O[C@@H](n2ccc(=O)[nH]c2=O)C[C@@H]1O. The van der Waals surface area contributed by atoms with Crippen LogP contribution in [0.15, 0.2) is 34.5 Å². The maximum absolute atomic E-state index is 11.6. The third kappa shape index (κ3) is 7.92. The number of anilines is 1. The van der Waals surface area contributed by atoms with Crippen LogP contribution in [0.3, 0.4) is 0 Å². The van der Waals surface area contributed by atoms with Gasteiger partial charge in [-0.05, 0) is 26.7 Å². The molecule has 37 heavy (non-hydrogen) atoms. The van der Waals surface area contributed by atoms with Crippen molar-refractivity contribution in [1.29, 1.82) is 0 Å². The first-order valence-corrected chi connectivity index (χ1v) is 12.3. The molecule has 0 spiro atoms. The van der Waals surface area contributed by atoms with Crippen LogP contribution in [0.5, 0.6) is 0 Å². The first-order chi connectivity index (χ1) is 17.5. The highest BCUT2D eigenvalue weighted by Gasteiger charge is 2.35. The second kappa shape index (κ2) is 12.9. The van der Waals surface area contributed by atoms with Gasteiger partial charge in [0, 0.05) is 25.3 Å². The molecule has 4 heterocycles. The van der Waals surface area contributed by atoms with Crippen LogP contribution in [-0.2, 0) is 20.8 Å². The zero-order valence-electron chi connectivity index (χ0n) is 21.9. The van der Waals surface area contributed by atoms with E-state index in [1.165, 1.54) is 23.2 Å². The second-order valence-corrected chi connectivity index (χ2v) is 9.70. The molecule has 0 radical (unpaired) electrons. The fraction of sp³-hybridized carbons (Fsp3) is 0.625. The summed E-state index contributed by atoms with van der Waals surface area (Å²) in [4.78, 5) is 37.1. The van der Waals surface area contributed by atoms with Gasteiger partial charge in [-0.3, -0.25) is 14.3 Å². The lowest BCUT2D eigenvalue weighted by molar-refractivity contribution is -0.0747. The zero-order chi connectivity index (χ0) is 27.1. The summed E-state index contributed by atoms with van der Waals surface area (Å²) in [6, 6.07) is 1.25. The number of hydrogen-bond donors (Lipinski definition) is 3. The van der Waals surface area contributed by atoms with Gasteiger partial charge < -0.3 is 29.6 Å². The van der Waals surface area contributed by atoms with E-state index in [1.807, 2.05) is 25.3 Å². The lowest BCUT2D eigenvalue weighted by Crippen LogP contribution is -2.32. The number of fused-ring (bicyclic) bond motifs is 1. The predicted molar refractivity (Wildman–Crippen MR) is 137 cm³/mol. The van der Waals surface area contributed by atoms with E-state index in [1.54, 1.807) is 6.33 Å². The molecule has 1 aliphatic heterocycles. The van der Waals surface area contributed by atoms with E-state index in [0.29, 0.717) is 23.8 Å². The van der Waals surface area contributed by atoms with E-state index in [0.717, 1.165) is 12.3 Å². The van der Waals surface area contributed by atoms with Crippen LogP contribution >= 0.6 is 0 Å². The van der Waals surface area contributed by atoms with Gasteiger partial charge in [-0.25, -0.2) is 19.7 Å². The molecular formula is C24H37N7O6. The zero-order valence-corrected chi connectivity index (χ0v) is 21.9. The van der Waals surface area contributed by atoms with E-state index in [-0.39, 0.29) is 25.2 Å². The van der Waals surface area contributed by atoms with Gasteiger partial charge in [-0.1, -0.05) is 13.8 Å². The summed E-state index contributed by atoms with van der Waals surface area (Å²) < 4.78 is 19.9. The highest BCUT2D eigenvalue weighted by Crippen LogP contribution is 2.27. The summed E-state index contributed by atoms with van der Waals surface area (Å²) in [6.07, 6.45) is 3.25. The maximum atomic E-state index is 11.6. The molecule has 13 nitrogen and oxygen atoms in total. The molecule has 13 heteroatoms. The Kier molecular flexibility index (Phi) is 9.92. The first kappa shape index (κ1) is 28.4. The molecule has 1 aliphatic rings. The van der Waals surface area contributed by atoms with Crippen molar-refractivity contribution in [3.8, 4) is 0 Å². The summed E-state index contributed by atoms with van der Waals surface area (Å²) in [7, 11) is 0. The monoisotopic (exact) mass is 519 g/mol. The molecule has 1 fully saturated rings. The molecule has 0 saturated carbocycles. The molecular weight excluding hydrogens is 482 g/mol. The molecule has 4 atom stereocenters. The number of ether oxygens (including phenoxy) is 3. The quantitative estimate of drug-likeness (QED) is 0.371. The smallest absolute Gasteiger partial charge is 0.330 e. The number of aliphatic hydroxyl groups is 1. The summed E-state index contributed by atoms with van der Waals surface area (Å²) >= 11 is 0. The highest BCUT2D eigenvalue weighted by molar-refractivity contribution is 5.81. The van der Waals surface area contributed by atoms with Gasteiger partial charge in [0.1, 0.15) is 24.2 Å². The third-order valence-corrected chi connectivity index (χ3v) is 5.56. The third-order valence-electron chi connectivity index (χ3n) is 5.56. The standard InChI is InChI=1S/C12H19N5O.C12H18N2O5/c1-8(2)5-18-9(3)4-17-7-16-10-11(13)14-6-15-12(10)17;1-7(2)18-6-9-8(15)5-11(19-9)14-4-3-10(16)13-12(14)17/h6-9H,4-5H2,1-3H3,(H2,13,14,15);3-4,7-9,11,15H,5-6H2,1-2H3,(H,13,16,17)/t9-;8-,9+,11+/m10/s1. The molecule has 0 aliphatic carbocycles. The largest absolute Gasteiger partial charge is 0.390 e. The van der Waals surface area contributed by atoms with Crippen molar-refractivity contribution < 1.29 is 19.3 Å². The molecule has 3 aromatic heterocycles. The van der Waals surface area contributed by atoms with E-state index in [4.69, 9.17) is 19.9 Å². The second-order valence-electron chi connectivity index (χ2n) is 9.70. The number of nitrogens with two attached hydrogens (primary N) is 1. The van der Waals surface area contributed by atoms with Gasteiger partial charge in [0.05, 0.1) is 37.8 Å². The summed E-state index contributed by atoms with van der Waals surface area (Å²) in [5.74, 6) is 0.944. The molecule has 204 valence electrons. The van der Waals surface area contributed by atoms with Crippen molar-refractivity contribution in [2.45, 2.75) is 78.2 Å². The van der Waals surface area contributed by atoms with Crippen molar-refractivity contribution in [3.63, 3.8) is 0 Å². The number of nitrogens with one attached hydrogen (secondary N) is 1. The molecule has 0 aromatic carbocycles. The fourth-order valence-corrected chi connectivity index (χ4v) is 3.70. The Morgan fingerprint density at radius 3 is 2.62 bits per heavy atom. The van der Waals surface area contributed by atoms with E-state index >= 15 is 0 Å². The van der Waals surface area contributed by atoms with Crippen LogP contribution in [-0.4, -0.2) is 71.8 Å². The molecule has 0 amide bonds. The fourth-order valence-electron chi connectivity index (χ4n) is 3.70. The van der Waals surface area contributed by atoms with Crippen LogP contribution in [0.4, 0.5) is 5.82 Å². The Hall–Kier alpha value is -3.13. The van der Waals surface area contributed by atoms with Gasteiger partial charge >= 0.3 is 5.69 Å². The molecule has 4 rings (SSSR count). The maximum Gasteiger partial charge on any atom is 0.330 e. The lowest BCUT2D eigenvalue weighted by atomic mass is 10.2. The van der Waals surface area contributed by atoms with Gasteiger partial charge in [-0.2, -0.15) is 0 Å². The van der Waals surface area contributed by atoms with Crippen LogP contribution < -0.4 is 17.0 Å². The Balaban J connectivity index is 0.000000206. The Morgan fingerprint density at radius 1 is 1.19 bits per heavy atom. The number of aromatic amines is 1. The van der Waals surface area contributed by atoms with Crippen LogP contribution in [0.25, 0.3) is 11.2 Å². The van der Waals surface area contributed by atoms with Crippen molar-refractivity contribution in [2.75, 3.05) is 18.9 Å². The minimum absolute atomic E-state index is 0.0469. The topological polar surface area (TPSA) is 172 Å². The normalized spacial score (nSPS) is 20.4. The van der Waals surface area contributed by atoms with Crippen LogP contribution in [0.2, 0.25) is 0 Å². The number of aliphatic hydroxyl groups excluding tert-OH is 1. The van der Waals surface area contributed by atoms with Crippen LogP contribution in [0.1, 0.15) is 47.3 Å². The average molecular weight is 520 g/mol. The molecule has 4 N–H and O–H groups in total. The van der Waals surface area contributed by atoms with Crippen molar-refractivity contribution in [3.05, 3.63) is 45.8 Å². The minimum Gasteiger partial charge on any atom is -0.390 e. The summed E-state index contributed by atoms with van der Waals surface area (Å²) in [5, 5.41) is 9.89. The number of imidazole rings is 1. The average Bonchev–Trinajstić information content (AvgIpc) is 3.41. The Labute approximate surface area is 214 Å². The van der Waals surface area contributed by atoms with E-state index in [2.05, 4.69) is 33.8 Å². The first-order valence-electron chi connectivity index (χ1n) is 12.3. The number of rotatable bonds is 9. The predicted octanol–water partition coefficient (Wildman–Crippen LogP) is 1.08.